The fraction of sp³-hybridized carbons (Fsp3) is 0.500. The first-order valence-electron chi connectivity index (χ1n) is 2.92. The van der Waals surface area contributed by atoms with Crippen LogP contribution in [0.2, 0.25) is 0 Å². The smallest absolute Gasteiger partial charge is 0.170 e. The second-order valence-electron chi connectivity index (χ2n) is 1.50. The van der Waals surface area contributed by atoms with Crippen molar-refractivity contribution >= 4 is 16.8 Å². The van der Waals surface area contributed by atoms with Crippen molar-refractivity contribution in [2.45, 2.75) is 6.92 Å². The molecule has 0 saturated heterocycles. The summed E-state index contributed by atoms with van der Waals surface area (Å²) in [5, 5.41) is 0.366. The number of rotatable bonds is 2. The van der Waals surface area contributed by atoms with Gasteiger partial charge in [-0.3, -0.25) is 4.99 Å². The number of hydrogen-bond acceptors (Lipinski definition) is 3. The first-order chi connectivity index (χ1) is 4.76. The van der Waals surface area contributed by atoms with Gasteiger partial charge in [-0.25, -0.2) is 4.39 Å². The molecule has 2 N–H and O–H groups in total. The van der Waals surface area contributed by atoms with E-state index in [1.165, 1.54) is 11.8 Å². The van der Waals surface area contributed by atoms with E-state index in [-0.39, 0.29) is 0 Å². The van der Waals surface area contributed by atoms with Crippen molar-refractivity contribution in [1.82, 2.24) is 0 Å². The molecule has 0 aliphatic heterocycles. The molecule has 2 nitrogen and oxygen atoms in total. The SMILES string of the molecule is CC/N=C(SC)\C(F)=C/N. The molecule has 0 aromatic rings. The van der Waals surface area contributed by atoms with Gasteiger partial charge in [0.2, 0.25) is 0 Å². The Morgan fingerprint density at radius 2 is 2.40 bits per heavy atom. The lowest BCUT2D eigenvalue weighted by Crippen LogP contribution is -1.96. The Labute approximate surface area is 64.4 Å². The van der Waals surface area contributed by atoms with Crippen molar-refractivity contribution in [2.75, 3.05) is 12.8 Å². The van der Waals surface area contributed by atoms with Gasteiger partial charge < -0.3 is 5.73 Å². The highest BCUT2D eigenvalue weighted by Crippen LogP contribution is 2.09. The summed E-state index contributed by atoms with van der Waals surface area (Å²) >= 11 is 1.25. The number of nitrogens with zero attached hydrogens (tertiary/aromatic N) is 1. The van der Waals surface area contributed by atoms with Crippen LogP contribution in [0.3, 0.4) is 0 Å². The van der Waals surface area contributed by atoms with E-state index in [4.69, 9.17) is 5.73 Å². The third-order valence-electron chi connectivity index (χ3n) is 0.846. The van der Waals surface area contributed by atoms with Gasteiger partial charge in [0.25, 0.3) is 0 Å². The highest BCUT2D eigenvalue weighted by molar-refractivity contribution is 8.13. The summed E-state index contributed by atoms with van der Waals surface area (Å²) in [6, 6.07) is 0. The molecule has 0 aliphatic rings. The van der Waals surface area contributed by atoms with Crippen LogP contribution in [0.15, 0.2) is 17.0 Å². The molecule has 0 bridgehead atoms. The van der Waals surface area contributed by atoms with Gasteiger partial charge in [0.15, 0.2) is 5.83 Å². The molecule has 0 aromatic heterocycles. The predicted octanol–water partition coefficient (Wildman–Crippen LogP) is 1.54. The third kappa shape index (κ3) is 2.87. The van der Waals surface area contributed by atoms with E-state index < -0.39 is 5.83 Å². The average molecular weight is 162 g/mol. The van der Waals surface area contributed by atoms with Crippen LogP contribution in [-0.4, -0.2) is 17.8 Å². The van der Waals surface area contributed by atoms with Gasteiger partial charge >= 0.3 is 0 Å². The second kappa shape index (κ2) is 5.29. The van der Waals surface area contributed by atoms with Crippen LogP contribution >= 0.6 is 11.8 Å². The maximum absolute atomic E-state index is 12.6. The van der Waals surface area contributed by atoms with E-state index in [1.807, 2.05) is 6.92 Å². The van der Waals surface area contributed by atoms with Crippen molar-refractivity contribution in [1.29, 1.82) is 0 Å². The molecular formula is C6H11FN2S. The van der Waals surface area contributed by atoms with E-state index in [0.29, 0.717) is 11.6 Å². The predicted molar refractivity (Wildman–Crippen MR) is 44.9 cm³/mol. The van der Waals surface area contributed by atoms with Crippen molar-refractivity contribution in [3.63, 3.8) is 0 Å². The highest BCUT2D eigenvalue weighted by atomic mass is 32.2. The van der Waals surface area contributed by atoms with Crippen molar-refractivity contribution in [3.05, 3.63) is 12.0 Å². The van der Waals surface area contributed by atoms with Gasteiger partial charge in [-0.2, -0.15) is 0 Å². The molecule has 0 aromatic carbocycles. The first kappa shape index (κ1) is 9.49. The monoisotopic (exact) mass is 162 g/mol. The number of halogens is 1. The molecular weight excluding hydrogens is 151 g/mol. The number of hydrogen-bond donors (Lipinski definition) is 1. The molecule has 0 heterocycles. The Morgan fingerprint density at radius 1 is 1.80 bits per heavy atom. The summed E-state index contributed by atoms with van der Waals surface area (Å²) in [6.07, 6.45) is 2.68. The van der Waals surface area contributed by atoms with Crippen LogP contribution in [0, 0.1) is 0 Å². The number of thioether (sulfide) groups is 1. The minimum absolute atomic E-state index is 0.366. The Morgan fingerprint density at radius 3 is 2.70 bits per heavy atom. The van der Waals surface area contributed by atoms with E-state index in [1.54, 1.807) is 6.26 Å². The lowest BCUT2D eigenvalue weighted by Gasteiger charge is -1.96. The molecule has 0 atom stereocenters. The standard InChI is InChI=1S/C6H11FN2S/c1-3-9-6(10-2)5(7)4-8/h4H,3,8H2,1-2H3/b5-4+,9-6+. The summed E-state index contributed by atoms with van der Waals surface area (Å²) < 4.78 is 12.6. The topological polar surface area (TPSA) is 38.4 Å². The summed E-state index contributed by atoms with van der Waals surface area (Å²) in [4.78, 5) is 3.87. The molecule has 0 radical (unpaired) electrons. The number of aliphatic imine (C=N–C) groups is 1. The molecule has 58 valence electrons. The Balaban J connectivity index is 4.21. The normalized spacial score (nSPS) is 13.9. The summed E-state index contributed by atoms with van der Waals surface area (Å²) in [6.45, 7) is 2.43. The summed E-state index contributed by atoms with van der Waals surface area (Å²) in [5.41, 5.74) is 4.95. The van der Waals surface area contributed by atoms with Gasteiger partial charge in [0, 0.05) is 12.7 Å². The zero-order valence-electron chi connectivity index (χ0n) is 6.10. The molecule has 0 rings (SSSR count). The largest absolute Gasteiger partial charge is 0.402 e. The van der Waals surface area contributed by atoms with Gasteiger partial charge in [0.05, 0.1) is 0 Å². The Kier molecular flexibility index (Phi) is 5.02. The molecule has 0 unspecified atom stereocenters. The molecule has 0 spiro atoms. The van der Waals surface area contributed by atoms with Crippen molar-refractivity contribution < 1.29 is 4.39 Å². The average Bonchev–Trinajstić information content (AvgIpc) is 1.99. The third-order valence-corrected chi connectivity index (χ3v) is 1.56. The fourth-order valence-electron chi connectivity index (χ4n) is 0.452. The van der Waals surface area contributed by atoms with Gasteiger partial charge in [-0.15, -0.1) is 11.8 Å². The van der Waals surface area contributed by atoms with E-state index in [0.717, 1.165) is 6.20 Å². The first-order valence-corrected chi connectivity index (χ1v) is 4.15. The lowest BCUT2D eigenvalue weighted by atomic mass is 10.6. The van der Waals surface area contributed by atoms with Crippen molar-refractivity contribution in [3.8, 4) is 0 Å². The highest BCUT2D eigenvalue weighted by Gasteiger charge is 2.01. The zero-order valence-corrected chi connectivity index (χ0v) is 6.91. The second-order valence-corrected chi connectivity index (χ2v) is 2.29. The molecule has 0 fully saturated rings. The van der Waals surface area contributed by atoms with Gasteiger partial charge in [-0.1, -0.05) is 0 Å². The lowest BCUT2D eigenvalue weighted by molar-refractivity contribution is 0.680. The number of nitrogens with two attached hydrogens (primary N) is 1. The maximum atomic E-state index is 12.6. The van der Waals surface area contributed by atoms with E-state index in [9.17, 15) is 4.39 Å². The summed E-state index contributed by atoms with van der Waals surface area (Å²) in [5.74, 6) is -0.450. The Hall–Kier alpha value is -0.510. The van der Waals surface area contributed by atoms with E-state index >= 15 is 0 Å². The van der Waals surface area contributed by atoms with Gasteiger partial charge in [0.1, 0.15) is 5.04 Å². The zero-order chi connectivity index (χ0) is 7.98. The van der Waals surface area contributed by atoms with Crippen molar-refractivity contribution in [2.24, 2.45) is 10.7 Å². The fourth-order valence-corrected chi connectivity index (χ4v) is 0.974. The van der Waals surface area contributed by atoms with Gasteiger partial charge in [-0.05, 0) is 13.2 Å². The van der Waals surface area contributed by atoms with Crippen LogP contribution < -0.4 is 5.73 Å². The quantitative estimate of drug-likeness (QED) is 0.494. The maximum Gasteiger partial charge on any atom is 0.170 e. The minimum Gasteiger partial charge on any atom is -0.402 e. The molecule has 0 saturated carbocycles. The van der Waals surface area contributed by atoms with Crippen LogP contribution in [-0.2, 0) is 0 Å². The Bertz CT molecular complexity index is 154. The molecule has 4 heteroatoms. The molecule has 0 amide bonds. The van der Waals surface area contributed by atoms with Crippen LogP contribution in [0.4, 0.5) is 4.39 Å². The summed E-state index contributed by atoms with van der Waals surface area (Å²) in [7, 11) is 0. The minimum atomic E-state index is -0.450. The van der Waals surface area contributed by atoms with E-state index in [2.05, 4.69) is 4.99 Å². The molecule has 0 aliphatic carbocycles. The van der Waals surface area contributed by atoms with Crippen LogP contribution in [0.1, 0.15) is 6.92 Å². The van der Waals surface area contributed by atoms with Crippen LogP contribution in [0.25, 0.3) is 0 Å². The molecule has 10 heavy (non-hydrogen) atoms. The van der Waals surface area contributed by atoms with Crippen LogP contribution in [0.5, 0.6) is 0 Å².